The number of halogens is 1. The molecular formula is C6H7BrO2S. The van der Waals surface area contributed by atoms with Crippen LogP contribution >= 0.6 is 27.7 Å². The molecule has 1 aliphatic heterocycles. The number of hydrogen-bond acceptors (Lipinski definition) is 2. The highest BCUT2D eigenvalue weighted by Gasteiger charge is 2.29. The lowest BCUT2D eigenvalue weighted by Gasteiger charge is -2.06. The third-order valence-corrected chi connectivity index (χ3v) is 3.25. The van der Waals surface area contributed by atoms with Crippen LogP contribution in [0.3, 0.4) is 0 Å². The maximum absolute atomic E-state index is 10.5. The first-order valence-corrected chi connectivity index (χ1v) is 4.55. The van der Waals surface area contributed by atoms with Gasteiger partial charge in [0.05, 0.1) is 5.92 Å². The van der Waals surface area contributed by atoms with Gasteiger partial charge in [0.1, 0.15) is 0 Å². The van der Waals surface area contributed by atoms with Crippen LogP contribution < -0.4 is 0 Å². The summed E-state index contributed by atoms with van der Waals surface area (Å²) < 4.78 is 0.937. The van der Waals surface area contributed by atoms with Gasteiger partial charge in [-0.3, -0.25) is 4.79 Å². The van der Waals surface area contributed by atoms with Gasteiger partial charge in [-0.15, -0.1) is 11.8 Å². The number of hydrogen-bond donors (Lipinski definition) is 1. The number of rotatable bonds is 1. The lowest BCUT2D eigenvalue weighted by Crippen LogP contribution is -2.17. The summed E-state index contributed by atoms with van der Waals surface area (Å²) in [4.78, 5) is 10.5. The molecule has 0 radical (unpaired) electrons. The van der Waals surface area contributed by atoms with E-state index in [0.29, 0.717) is 0 Å². The predicted molar refractivity (Wildman–Crippen MR) is 45.2 cm³/mol. The molecule has 56 valence electrons. The standard InChI is InChI=1S/C6H7BrO2S/c1-3-4(6(8)9)2-5(7)10-3/h2-4H,1H3,(H,8,9). The van der Waals surface area contributed by atoms with Crippen LogP contribution in [0.25, 0.3) is 0 Å². The minimum absolute atomic E-state index is 0.159. The van der Waals surface area contributed by atoms with Crippen molar-refractivity contribution in [2.75, 3.05) is 0 Å². The van der Waals surface area contributed by atoms with Crippen molar-refractivity contribution in [1.82, 2.24) is 0 Å². The third kappa shape index (κ3) is 1.55. The van der Waals surface area contributed by atoms with Crippen LogP contribution in [0.1, 0.15) is 6.92 Å². The van der Waals surface area contributed by atoms with Gasteiger partial charge in [-0.2, -0.15) is 0 Å². The zero-order valence-corrected chi connectivity index (χ0v) is 7.78. The van der Waals surface area contributed by atoms with E-state index < -0.39 is 5.97 Å². The predicted octanol–water partition coefficient (Wildman–Crippen LogP) is 2.06. The fourth-order valence-electron chi connectivity index (χ4n) is 0.839. The van der Waals surface area contributed by atoms with Gasteiger partial charge in [-0.05, 0) is 22.0 Å². The minimum Gasteiger partial charge on any atom is -0.481 e. The Balaban J connectivity index is 2.69. The number of thioether (sulfide) groups is 1. The molecule has 0 aromatic rings. The van der Waals surface area contributed by atoms with E-state index in [1.54, 1.807) is 17.8 Å². The smallest absolute Gasteiger partial charge is 0.311 e. The van der Waals surface area contributed by atoms with Gasteiger partial charge in [0.2, 0.25) is 0 Å². The second-order valence-corrected chi connectivity index (χ2v) is 4.96. The van der Waals surface area contributed by atoms with Crippen LogP contribution in [0.4, 0.5) is 0 Å². The molecule has 1 heterocycles. The summed E-state index contributed by atoms with van der Waals surface area (Å²) in [5.74, 6) is -1.06. The largest absolute Gasteiger partial charge is 0.481 e. The van der Waals surface area contributed by atoms with Crippen molar-refractivity contribution in [1.29, 1.82) is 0 Å². The highest BCUT2D eigenvalue weighted by Crippen LogP contribution is 2.39. The SMILES string of the molecule is CC1SC(Br)=CC1C(=O)O. The lowest BCUT2D eigenvalue weighted by molar-refractivity contribution is -0.139. The molecule has 0 fully saturated rings. The monoisotopic (exact) mass is 222 g/mol. The summed E-state index contributed by atoms with van der Waals surface area (Å²) in [6.07, 6.45) is 1.73. The van der Waals surface area contributed by atoms with E-state index in [4.69, 9.17) is 5.11 Å². The highest BCUT2D eigenvalue weighted by atomic mass is 79.9. The number of carboxylic acids is 1. The Morgan fingerprint density at radius 1 is 1.90 bits per heavy atom. The Bertz CT molecular complexity index is 190. The van der Waals surface area contributed by atoms with E-state index in [0.717, 1.165) is 3.81 Å². The van der Waals surface area contributed by atoms with E-state index in [9.17, 15) is 4.79 Å². The molecule has 2 nitrogen and oxygen atoms in total. The molecule has 0 saturated heterocycles. The fourth-order valence-corrected chi connectivity index (χ4v) is 2.93. The van der Waals surface area contributed by atoms with Gasteiger partial charge in [0.25, 0.3) is 0 Å². The first-order valence-electron chi connectivity index (χ1n) is 2.88. The maximum atomic E-state index is 10.5. The van der Waals surface area contributed by atoms with Crippen molar-refractivity contribution in [3.05, 3.63) is 9.89 Å². The molecule has 1 aliphatic rings. The van der Waals surface area contributed by atoms with Gasteiger partial charge < -0.3 is 5.11 Å². The Hall–Kier alpha value is 0.0400. The summed E-state index contributed by atoms with van der Waals surface area (Å²) in [5, 5.41) is 8.78. The maximum Gasteiger partial charge on any atom is 0.311 e. The summed E-state index contributed by atoms with van der Waals surface area (Å²) >= 11 is 4.80. The van der Waals surface area contributed by atoms with Crippen LogP contribution in [-0.4, -0.2) is 16.3 Å². The minimum atomic E-state index is -0.741. The highest BCUT2D eigenvalue weighted by molar-refractivity contribution is 9.14. The fraction of sp³-hybridized carbons (Fsp3) is 0.500. The van der Waals surface area contributed by atoms with Gasteiger partial charge in [-0.1, -0.05) is 6.92 Å². The molecule has 4 heteroatoms. The molecular weight excluding hydrogens is 216 g/mol. The normalized spacial score (nSPS) is 32.0. The molecule has 0 aromatic heterocycles. The summed E-state index contributed by atoms with van der Waals surface area (Å²) in [6.45, 7) is 1.91. The van der Waals surface area contributed by atoms with Crippen molar-refractivity contribution in [3.63, 3.8) is 0 Å². The molecule has 10 heavy (non-hydrogen) atoms. The zero-order valence-electron chi connectivity index (χ0n) is 5.37. The van der Waals surface area contributed by atoms with Crippen molar-refractivity contribution >= 4 is 33.7 Å². The second kappa shape index (κ2) is 2.96. The molecule has 2 atom stereocenters. The van der Waals surface area contributed by atoms with Crippen molar-refractivity contribution in [2.45, 2.75) is 12.2 Å². The lowest BCUT2D eigenvalue weighted by atomic mass is 10.1. The summed E-state index contributed by atoms with van der Waals surface area (Å²) in [7, 11) is 0. The van der Waals surface area contributed by atoms with Crippen molar-refractivity contribution < 1.29 is 9.90 Å². The van der Waals surface area contributed by atoms with Crippen LogP contribution in [0.5, 0.6) is 0 Å². The quantitative estimate of drug-likeness (QED) is 0.739. The van der Waals surface area contributed by atoms with E-state index in [-0.39, 0.29) is 11.2 Å². The first-order chi connectivity index (χ1) is 4.61. The molecule has 0 bridgehead atoms. The van der Waals surface area contributed by atoms with E-state index in [1.165, 1.54) is 0 Å². The molecule has 0 aliphatic carbocycles. The van der Waals surface area contributed by atoms with E-state index in [1.807, 2.05) is 6.92 Å². The Kier molecular flexibility index (Phi) is 2.41. The molecule has 0 spiro atoms. The Morgan fingerprint density at radius 3 is 2.70 bits per heavy atom. The van der Waals surface area contributed by atoms with Gasteiger partial charge in [0.15, 0.2) is 0 Å². The molecule has 1 rings (SSSR count). The third-order valence-electron chi connectivity index (χ3n) is 1.40. The van der Waals surface area contributed by atoms with Crippen LogP contribution in [0.15, 0.2) is 9.89 Å². The van der Waals surface area contributed by atoms with Crippen LogP contribution in [0, 0.1) is 5.92 Å². The second-order valence-electron chi connectivity index (χ2n) is 2.16. The van der Waals surface area contributed by atoms with Gasteiger partial charge in [-0.25, -0.2) is 0 Å². The Labute approximate surface area is 71.8 Å². The van der Waals surface area contributed by atoms with Gasteiger partial charge >= 0.3 is 5.97 Å². The van der Waals surface area contributed by atoms with Crippen LogP contribution in [0.2, 0.25) is 0 Å². The number of carboxylic acid groups (broad SMARTS) is 1. The van der Waals surface area contributed by atoms with E-state index in [2.05, 4.69) is 15.9 Å². The molecule has 2 unspecified atom stereocenters. The van der Waals surface area contributed by atoms with Crippen molar-refractivity contribution in [3.8, 4) is 0 Å². The van der Waals surface area contributed by atoms with Crippen molar-refractivity contribution in [2.24, 2.45) is 5.92 Å². The molecule has 0 amide bonds. The molecule has 0 aromatic carbocycles. The van der Waals surface area contributed by atoms with Crippen LogP contribution in [-0.2, 0) is 4.79 Å². The summed E-state index contributed by atoms with van der Waals surface area (Å²) in [6, 6.07) is 0. The number of aliphatic carboxylic acids is 1. The molecule has 0 saturated carbocycles. The van der Waals surface area contributed by atoms with E-state index >= 15 is 0 Å². The average Bonchev–Trinajstić information content (AvgIpc) is 2.10. The Morgan fingerprint density at radius 2 is 2.50 bits per heavy atom. The number of carbonyl (C=O) groups is 1. The average molecular weight is 223 g/mol. The molecule has 1 N–H and O–H groups in total. The first kappa shape index (κ1) is 8.14. The zero-order chi connectivity index (χ0) is 7.72. The van der Waals surface area contributed by atoms with Gasteiger partial charge in [0, 0.05) is 9.06 Å². The summed E-state index contributed by atoms with van der Waals surface area (Å²) in [5.41, 5.74) is 0. The topological polar surface area (TPSA) is 37.3 Å².